The van der Waals surface area contributed by atoms with Crippen molar-refractivity contribution < 1.29 is 4.79 Å². The molecule has 3 atom stereocenters. The number of rotatable bonds is 3. The fourth-order valence-electron chi connectivity index (χ4n) is 3.56. The molecule has 110 valence electrons. The van der Waals surface area contributed by atoms with Crippen molar-refractivity contribution >= 4 is 11.6 Å². The van der Waals surface area contributed by atoms with Gasteiger partial charge in [0.2, 0.25) is 5.91 Å². The van der Waals surface area contributed by atoms with Crippen LogP contribution in [-0.2, 0) is 10.3 Å². The Morgan fingerprint density at radius 3 is 2.90 bits per heavy atom. The van der Waals surface area contributed by atoms with Crippen molar-refractivity contribution in [2.45, 2.75) is 19.4 Å². The number of imidazole rings is 1. The molecule has 2 aromatic rings. The van der Waals surface area contributed by atoms with E-state index in [1.165, 1.54) is 0 Å². The van der Waals surface area contributed by atoms with Crippen LogP contribution in [0.2, 0.25) is 0 Å². The zero-order valence-corrected chi connectivity index (χ0v) is 12.3. The summed E-state index contributed by atoms with van der Waals surface area (Å²) >= 11 is 0. The van der Waals surface area contributed by atoms with Crippen molar-refractivity contribution in [2.75, 3.05) is 13.1 Å². The molecule has 0 aromatic carbocycles. The molecule has 4 rings (SSSR count). The van der Waals surface area contributed by atoms with Gasteiger partial charge in [-0.2, -0.15) is 0 Å². The highest BCUT2D eigenvalue weighted by molar-refractivity contribution is 5.83. The number of amides is 1. The normalized spacial score (nSPS) is 27.6. The maximum Gasteiger partial charge on any atom is 0.224 e. The lowest BCUT2D eigenvalue weighted by atomic mass is 9.95. The molecular formula is C16H20N4O. The largest absolute Gasteiger partial charge is 0.347 e. The van der Waals surface area contributed by atoms with Crippen LogP contribution in [0.15, 0.2) is 30.7 Å². The van der Waals surface area contributed by atoms with Gasteiger partial charge >= 0.3 is 0 Å². The van der Waals surface area contributed by atoms with Crippen LogP contribution >= 0.6 is 0 Å². The van der Waals surface area contributed by atoms with Gasteiger partial charge in [-0.1, -0.05) is 6.07 Å². The molecule has 2 aliphatic rings. The summed E-state index contributed by atoms with van der Waals surface area (Å²) in [5, 5.41) is 6.55. The number of aromatic nitrogens is 2. The number of pyridine rings is 1. The van der Waals surface area contributed by atoms with Crippen LogP contribution < -0.4 is 10.6 Å². The lowest BCUT2D eigenvalue weighted by molar-refractivity contribution is -0.124. The summed E-state index contributed by atoms with van der Waals surface area (Å²) < 4.78 is 1.99. The number of carbonyl (C=O) groups is 1. The monoisotopic (exact) mass is 284 g/mol. The van der Waals surface area contributed by atoms with Crippen molar-refractivity contribution in [1.82, 2.24) is 20.0 Å². The van der Waals surface area contributed by atoms with Gasteiger partial charge in [0.05, 0.1) is 5.54 Å². The Morgan fingerprint density at radius 2 is 2.14 bits per heavy atom. The number of fused-ring (bicyclic) bond motifs is 2. The third kappa shape index (κ3) is 2.03. The first-order valence-corrected chi connectivity index (χ1v) is 7.52. The average molecular weight is 284 g/mol. The standard InChI is InChI=1S/C16H20N4O/c1-16(2,10-3-4-13-18-5-6-20(13)9-10)19-15(21)14-11-7-17-8-12(11)14/h3-6,9,11-12,14,17H,7-8H2,1-2H3,(H,19,21)/t11-,12?,14?/m0/s1. The van der Waals surface area contributed by atoms with Crippen molar-refractivity contribution in [3.63, 3.8) is 0 Å². The minimum atomic E-state index is -0.375. The number of hydrogen-bond donors (Lipinski definition) is 2. The van der Waals surface area contributed by atoms with Gasteiger partial charge in [-0.05, 0) is 50.4 Å². The maximum atomic E-state index is 12.5. The molecule has 2 aromatic heterocycles. The zero-order valence-electron chi connectivity index (χ0n) is 12.3. The molecule has 5 nitrogen and oxygen atoms in total. The van der Waals surface area contributed by atoms with Crippen LogP contribution in [0.5, 0.6) is 0 Å². The minimum absolute atomic E-state index is 0.197. The number of carbonyl (C=O) groups excluding carboxylic acids is 1. The number of hydrogen-bond acceptors (Lipinski definition) is 3. The molecule has 1 aliphatic carbocycles. The summed E-state index contributed by atoms with van der Waals surface area (Å²) in [6.45, 7) is 6.09. The summed E-state index contributed by atoms with van der Waals surface area (Å²) in [6, 6.07) is 4.02. The predicted octanol–water partition coefficient (Wildman–Crippen LogP) is 1.15. The fourth-order valence-corrected chi connectivity index (χ4v) is 3.56. The van der Waals surface area contributed by atoms with E-state index >= 15 is 0 Å². The van der Waals surface area contributed by atoms with Crippen LogP contribution in [0, 0.1) is 17.8 Å². The molecule has 21 heavy (non-hydrogen) atoms. The van der Waals surface area contributed by atoms with Crippen LogP contribution in [0.3, 0.4) is 0 Å². The molecule has 5 heteroatoms. The highest BCUT2D eigenvalue weighted by Crippen LogP contribution is 2.49. The Labute approximate surface area is 123 Å². The Hall–Kier alpha value is -1.88. The van der Waals surface area contributed by atoms with E-state index < -0.39 is 0 Å². The van der Waals surface area contributed by atoms with E-state index in [1.54, 1.807) is 6.20 Å². The van der Waals surface area contributed by atoms with Crippen molar-refractivity contribution in [1.29, 1.82) is 0 Å². The summed E-state index contributed by atoms with van der Waals surface area (Å²) in [6.07, 6.45) is 5.74. The Bertz CT molecular complexity index is 695. The van der Waals surface area contributed by atoms with E-state index in [-0.39, 0.29) is 17.4 Å². The van der Waals surface area contributed by atoms with Gasteiger partial charge in [-0.15, -0.1) is 0 Å². The molecule has 1 saturated heterocycles. The number of nitrogens with one attached hydrogen (secondary N) is 2. The second-order valence-corrected chi connectivity index (χ2v) is 6.74. The van der Waals surface area contributed by atoms with E-state index in [9.17, 15) is 4.79 Å². The summed E-state index contributed by atoms with van der Waals surface area (Å²) in [4.78, 5) is 16.7. The second kappa shape index (κ2) is 4.31. The van der Waals surface area contributed by atoms with E-state index in [0.717, 1.165) is 24.3 Å². The minimum Gasteiger partial charge on any atom is -0.347 e. The summed E-state index contributed by atoms with van der Waals surface area (Å²) in [5.41, 5.74) is 1.63. The first kappa shape index (κ1) is 12.8. The van der Waals surface area contributed by atoms with Gasteiger partial charge in [0.1, 0.15) is 5.65 Å². The molecular weight excluding hydrogens is 264 g/mol. The zero-order chi connectivity index (χ0) is 14.6. The summed E-state index contributed by atoms with van der Waals surface area (Å²) in [7, 11) is 0. The average Bonchev–Trinajstić information content (AvgIpc) is 2.83. The third-order valence-corrected chi connectivity index (χ3v) is 4.94. The molecule has 0 bridgehead atoms. The maximum absolute atomic E-state index is 12.5. The van der Waals surface area contributed by atoms with Crippen LogP contribution in [-0.4, -0.2) is 28.4 Å². The quantitative estimate of drug-likeness (QED) is 0.889. The van der Waals surface area contributed by atoms with Crippen LogP contribution in [0.1, 0.15) is 19.4 Å². The van der Waals surface area contributed by atoms with Crippen molar-refractivity contribution in [3.8, 4) is 0 Å². The van der Waals surface area contributed by atoms with Gasteiger partial charge in [-0.25, -0.2) is 4.98 Å². The molecule has 2 unspecified atom stereocenters. The van der Waals surface area contributed by atoms with Crippen LogP contribution in [0.25, 0.3) is 5.65 Å². The molecule has 1 amide bonds. The van der Waals surface area contributed by atoms with Gasteiger partial charge in [0.25, 0.3) is 0 Å². The number of nitrogens with zero attached hydrogens (tertiary/aromatic N) is 2. The van der Waals surface area contributed by atoms with E-state index in [0.29, 0.717) is 11.8 Å². The topological polar surface area (TPSA) is 58.4 Å². The Balaban J connectivity index is 1.53. The first-order valence-electron chi connectivity index (χ1n) is 7.52. The third-order valence-electron chi connectivity index (χ3n) is 4.94. The Morgan fingerprint density at radius 1 is 1.38 bits per heavy atom. The molecule has 2 fully saturated rings. The van der Waals surface area contributed by atoms with E-state index in [1.807, 2.05) is 28.9 Å². The SMILES string of the molecule is CC(C)(NC(=O)C1C2CNC[C@@H]21)c1ccc2nccn2c1. The smallest absolute Gasteiger partial charge is 0.224 e. The van der Waals surface area contributed by atoms with Gasteiger partial charge in [0.15, 0.2) is 0 Å². The van der Waals surface area contributed by atoms with E-state index in [4.69, 9.17) is 0 Å². The summed E-state index contributed by atoms with van der Waals surface area (Å²) in [5.74, 6) is 1.51. The first-order chi connectivity index (χ1) is 10.1. The predicted molar refractivity (Wildman–Crippen MR) is 79.7 cm³/mol. The van der Waals surface area contributed by atoms with Crippen LogP contribution in [0.4, 0.5) is 0 Å². The fraction of sp³-hybridized carbons (Fsp3) is 0.500. The highest BCUT2D eigenvalue weighted by atomic mass is 16.2. The van der Waals surface area contributed by atoms with Crippen molar-refractivity contribution in [3.05, 3.63) is 36.3 Å². The van der Waals surface area contributed by atoms with Crippen molar-refractivity contribution in [2.24, 2.45) is 17.8 Å². The number of piperidine rings is 1. The Kier molecular flexibility index (Phi) is 2.63. The lowest BCUT2D eigenvalue weighted by Gasteiger charge is -2.27. The lowest BCUT2D eigenvalue weighted by Crippen LogP contribution is -2.43. The molecule has 1 saturated carbocycles. The molecule has 1 aliphatic heterocycles. The molecule has 0 radical (unpaired) electrons. The second-order valence-electron chi connectivity index (χ2n) is 6.74. The van der Waals surface area contributed by atoms with Gasteiger partial charge in [-0.3, -0.25) is 4.79 Å². The highest BCUT2D eigenvalue weighted by Gasteiger charge is 2.57. The molecule has 2 N–H and O–H groups in total. The van der Waals surface area contributed by atoms with Gasteiger partial charge < -0.3 is 15.0 Å². The van der Waals surface area contributed by atoms with Gasteiger partial charge in [0, 0.05) is 24.5 Å². The van der Waals surface area contributed by atoms with E-state index in [2.05, 4.69) is 29.5 Å². The molecule has 0 spiro atoms. The molecule has 3 heterocycles.